The van der Waals surface area contributed by atoms with Crippen LogP contribution in [0.4, 0.5) is 0 Å². The minimum absolute atomic E-state index is 0. The second kappa shape index (κ2) is 16.0. The van der Waals surface area contributed by atoms with Gasteiger partial charge in [0.25, 0.3) is 0 Å². The summed E-state index contributed by atoms with van der Waals surface area (Å²) in [6, 6.07) is 10.8. The summed E-state index contributed by atoms with van der Waals surface area (Å²) in [5.74, 6) is 0.867. The minimum atomic E-state index is -5.17. The van der Waals surface area contributed by atoms with Gasteiger partial charge < -0.3 is 9.11 Å². The average molecular weight is 332 g/mol. The van der Waals surface area contributed by atoms with E-state index in [0.717, 1.165) is 5.92 Å². The predicted molar refractivity (Wildman–Crippen MR) is 73.9 cm³/mol. The maximum atomic E-state index is 8.52. The van der Waals surface area contributed by atoms with E-state index in [-0.39, 0.29) is 59.1 Å². The van der Waals surface area contributed by atoms with E-state index < -0.39 is 10.4 Å². The molecule has 1 rings (SSSR count). The first-order chi connectivity index (χ1) is 8.79. The fraction of sp³-hybridized carbons (Fsp3) is 0.571. The molecule has 4 nitrogen and oxygen atoms in total. The normalized spacial score (nSPS) is 9.95. The Morgan fingerprint density at radius 3 is 1.86 bits per heavy atom. The molecule has 0 N–H and O–H groups in total. The van der Waals surface area contributed by atoms with Crippen molar-refractivity contribution in [2.45, 2.75) is 46.0 Å². The third kappa shape index (κ3) is 26.3. The maximum absolute atomic E-state index is 8.52. The molecule has 0 amide bonds. The van der Waals surface area contributed by atoms with E-state index >= 15 is 0 Å². The van der Waals surface area contributed by atoms with Crippen molar-refractivity contribution in [2.24, 2.45) is 5.92 Å². The Labute approximate surface area is 173 Å². The first-order valence-electron chi connectivity index (χ1n) is 6.49. The summed E-state index contributed by atoms with van der Waals surface area (Å²) >= 11 is 0. The first kappa shape index (κ1) is 27.0. The van der Waals surface area contributed by atoms with Crippen molar-refractivity contribution in [1.82, 2.24) is 0 Å². The SMILES string of the molecule is CC(C)CCCCCc1ccccc1.O=S(=O)([O-])[O-].[Na+].[Na+]. The van der Waals surface area contributed by atoms with Crippen LogP contribution in [0.3, 0.4) is 0 Å². The summed E-state index contributed by atoms with van der Waals surface area (Å²) in [7, 11) is -5.17. The summed E-state index contributed by atoms with van der Waals surface area (Å²) in [4.78, 5) is 0. The van der Waals surface area contributed by atoms with Gasteiger partial charge in [-0.1, -0.05) is 63.4 Å². The Bertz CT molecular complexity index is 414. The van der Waals surface area contributed by atoms with E-state index in [4.69, 9.17) is 17.5 Å². The molecule has 0 atom stereocenters. The molecule has 0 fully saturated rings. The van der Waals surface area contributed by atoms with Crippen molar-refractivity contribution in [2.75, 3.05) is 0 Å². The van der Waals surface area contributed by atoms with Gasteiger partial charge in [0.15, 0.2) is 0 Å². The minimum Gasteiger partial charge on any atom is -0.759 e. The van der Waals surface area contributed by atoms with Crippen LogP contribution in [-0.2, 0) is 16.8 Å². The standard InChI is InChI=1S/C14H22.2Na.H2O4S/c1-13(2)9-5-3-6-10-14-11-7-4-8-12-14;;;1-5(2,3)4/h4,7-8,11-13H,3,5-6,9-10H2,1-2H3;;;(H2,1,2,3,4)/q;2*+1;/p-2. The van der Waals surface area contributed by atoms with Gasteiger partial charge in [0.2, 0.25) is 0 Å². The van der Waals surface area contributed by atoms with Crippen molar-refractivity contribution in [3.63, 3.8) is 0 Å². The summed E-state index contributed by atoms with van der Waals surface area (Å²) in [6.45, 7) is 4.61. The monoisotopic (exact) mass is 332 g/mol. The molecule has 0 unspecified atom stereocenters. The van der Waals surface area contributed by atoms with E-state index in [1.807, 2.05) is 0 Å². The smallest absolute Gasteiger partial charge is 0.759 e. The third-order valence-electron chi connectivity index (χ3n) is 2.59. The number of unbranched alkanes of at least 4 members (excludes halogenated alkanes) is 2. The number of benzene rings is 1. The van der Waals surface area contributed by atoms with Crippen LogP contribution in [0, 0.1) is 5.92 Å². The number of rotatable bonds is 6. The summed E-state index contributed by atoms with van der Waals surface area (Å²) < 4.78 is 34.1. The molecule has 0 aliphatic rings. The first-order valence-corrected chi connectivity index (χ1v) is 7.83. The van der Waals surface area contributed by atoms with Gasteiger partial charge in [-0.3, -0.25) is 8.42 Å². The zero-order chi connectivity index (χ0) is 14.7. The van der Waals surface area contributed by atoms with Gasteiger partial charge in [0.05, 0.1) is 0 Å². The van der Waals surface area contributed by atoms with Crippen LogP contribution < -0.4 is 59.1 Å². The quantitative estimate of drug-likeness (QED) is 0.243. The Morgan fingerprint density at radius 2 is 1.43 bits per heavy atom. The van der Waals surface area contributed by atoms with Crippen LogP contribution in [0.1, 0.15) is 45.1 Å². The second-order valence-electron chi connectivity index (χ2n) is 4.89. The van der Waals surface area contributed by atoms with Crippen molar-refractivity contribution in [1.29, 1.82) is 0 Å². The molecule has 0 heterocycles. The zero-order valence-electron chi connectivity index (χ0n) is 13.5. The largest absolute Gasteiger partial charge is 1.00 e. The van der Waals surface area contributed by atoms with E-state index in [9.17, 15) is 0 Å². The van der Waals surface area contributed by atoms with Gasteiger partial charge in [-0.25, -0.2) is 0 Å². The average Bonchev–Trinajstić information content (AvgIpc) is 2.27. The molecular formula is C14H22Na2O4S. The molecule has 0 radical (unpaired) electrons. The van der Waals surface area contributed by atoms with E-state index in [2.05, 4.69) is 44.2 Å². The van der Waals surface area contributed by atoms with Crippen LogP contribution in [0.5, 0.6) is 0 Å². The fourth-order valence-corrected chi connectivity index (χ4v) is 1.70. The van der Waals surface area contributed by atoms with Gasteiger partial charge in [0, 0.05) is 10.4 Å². The van der Waals surface area contributed by atoms with Gasteiger partial charge in [-0.15, -0.1) is 0 Å². The molecule has 0 aliphatic heterocycles. The molecule has 0 aliphatic carbocycles. The number of hydrogen-bond acceptors (Lipinski definition) is 4. The molecule has 0 bridgehead atoms. The fourth-order valence-electron chi connectivity index (χ4n) is 1.70. The maximum Gasteiger partial charge on any atom is 1.00 e. The summed E-state index contributed by atoms with van der Waals surface area (Å²) in [6.07, 6.45) is 6.75. The molecule has 110 valence electrons. The molecule has 1 aromatic carbocycles. The third-order valence-corrected chi connectivity index (χ3v) is 2.59. The molecular weight excluding hydrogens is 310 g/mol. The number of hydrogen-bond donors (Lipinski definition) is 0. The van der Waals surface area contributed by atoms with E-state index in [1.54, 1.807) is 0 Å². The van der Waals surface area contributed by atoms with Crippen LogP contribution in [0.15, 0.2) is 30.3 Å². The van der Waals surface area contributed by atoms with E-state index in [0.29, 0.717) is 0 Å². The topological polar surface area (TPSA) is 80.3 Å². The Hall–Kier alpha value is 1.09. The second-order valence-corrected chi connectivity index (χ2v) is 5.70. The zero-order valence-corrected chi connectivity index (χ0v) is 18.4. The van der Waals surface area contributed by atoms with Gasteiger partial charge >= 0.3 is 59.1 Å². The van der Waals surface area contributed by atoms with Crippen LogP contribution >= 0.6 is 0 Å². The van der Waals surface area contributed by atoms with Crippen LogP contribution in [-0.4, -0.2) is 17.5 Å². The van der Waals surface area contributed by atoms with Gasteiger partial charge in [-0.2, -0.15) is 0 Å². The molecule has 0 saturated heterocycles. The molecule has 21 heavy (non-hydrogen) atoms. The van der Waals surface area contributed by atoms with Crippen molar-refractivity contribution >= 4 is 10.4 Å². The predicted octanol–water partition coefficient (Wildman–Crippen LogP) is -2.88. The molecule has 0 saturated carbocycles. The van der Waals surface area contributed by atoms with Gasteiger partial charge in [-0.05, 0) is 24.3 Å². The van der Waals surface area contributed by atoms with Gasteiger partial charge in [0.1, 0.15) is 0 Å². The molecule has 7 heteroatoms. The molecule has 1 aromatic rings. The molecule has 0 aromatic heterocycles. The van der Waals surface area contributed by atoms with Crippen LogP contribution in [0.2, 0.25) is 0 Å². The van der Waals surface area contributed by atoms with Crippen molar-refractivity contribution in [3.05, 3.63) is 35.9 Å². The van der Waals surface area contributed by atoms with Crippen LogP contribution in [0.25, 0.3) is 0 Å². The summed E-state index contributed by atoms with van der Waals surface area (Å²) in [5.41, 5.74) is 1.48. The Balaban J connectivity index is -0.000000405. The van der Waals surface area contributed by atoms with E-state index in [1.165, 1.54) is 37.7 Å². The Morgan fingerprint density at radius 1 is 0.952 bits per heavy atom. The number of aryl methyl sites for hydroxylation is 1. The van der Waals surface area contributed by atoms with Crippen molar-refractivity contribution in [3.8, 4) is 0 Å². The molecule has 0 spiro atoms. The summed E-state index contributed by atoms with van der Waals surface area (Å²) in [5, 5.41) is 0. The Kier molecular flexibility index (Phi) is 20.5. The van der Waals surface area contributed by atoms with Crippen molar-refractivity contribution < 1.29 is 76.6 Å².